The van der Waals surface area contributed by atoms with Crippen LogP contribution in [0.25, 0.3) is 0 Å². The van der Waals surface area contributed by atoms with Crippen LogP contribution in [0.4, 0.5) is 0 Å². The van der Waals surface area contributed by atoms with Crippen LogP contribution in [-0.2, 0) is 13.5 Å². The van der Waals surface area contributed by atoms with Gasteiger partial charge >= 0.3 is 0 Å². The lowest BCUT2D eigenvalue weighted by atomic mass is 10.0. The molecular formula is C14H18ClN3. The fourth-order valence-corrected chi connectivity index (χ4v) is 2.52. The van der Waals surface area contributed by atoms with Crippen molar-refractivity contribution < 1.29 is 0 Å². The van der Waals surface area contributed by atoms with E-state index >= 15 is 0 Å². The predicted molar refractivity (Wildman–Crippen MR) is 74.9 cm³/mol. The zero-order valence-electron chi connectivity index (χ0n) is 10.9. The second-order valence-corrected chi connectivity index (χ2v) is 4.94. The van der Waals surface area contributed by atoms with E-state index in [4.69, 9.17) is 11.6 Å². The van der Waals surface area contributed by atoms with Crippen molar-refractivity contribution in [1.82, 2.24) is 15.1 Å². The van der Waals surface area contributed by atoms with Gasteiger partial charge in [0.1, 0.15) is 0 Å². The van der Waals surface area contributed by atoms with Crippen LogP contribution in [-0.4, -0.2) is 16.8 Å². The number of hydrogen-bond acceptors (Lipinski definition) is 2. The smallest absolute Gasteiger partial charge is 0.0834 e. The van der Waals surface area contributed by atoms with Crippen molar-refractivity contribution in [3.8, 4) is 0 Å². The monoisotopic (exact) mass is 263 g/mol. The van der Waals surface area contributed by atoms with E-state index in [1.54, 1.807) is 6.20 Å². The Hall–Kier alpha value is -1.32. The molecule has 0 radical (unpaired) electrons. The highest BCUT2D eigenvalue weighted by Gasteiger charge is 2.17. The maximum absolute atomic E-state index is 6.19. The quantitative estimate of drug-likeness (QED) is 0.919. The van der Waals surface area contributed by atoms with E-state index in [9.17, 15) is 0 Å². The molecule has 1 aromatic carbocycles. The molecule has 1 atom stereocenters. The summed E-state index contributed by atoms with van der Waals surface area (Å²) in [7, 11) is 3.87. The molecule has 3 nitrogen and oxygen atoms in total. The van der Waals surface area contributed by atoms with Gasteiger partial charge < -0.3 is 5.32 Å². The fraction of sp³-hybridized carbons (Fsp3) is 0.357. The number of benzene rings is 1. The molecular weight excluding hydrogens is 246 g/mol. The van der Waals surface area contributed by atoms with Gasteiger partial charge in [-0.15, -0.1) is 0 Å². The zero-order chi connectivity index (χ0) is 13.1. The van der Waals surface area contributed by atoms with Crippen LogP contribution in [0.1, 0.15) is 22.9 Å². The van der Waals surface area contributed by atoms with Crippen LogP contribution in [0.15, 0.2) is 30.5 Å². The Morgan fingerprint density at radius 1 is 1.44 bits per heavy atom. The third-order valence-electron chi connectivity index (χ3n) is 3.14. The van der Waals surface area contributed by atoms with Gasteiger partial charge in [0.25, 0.3) is 0 Å². The second kappa shape index (κ2) is 5.55. The lowest BCUT2D eigenvalue weighted by molar-refractivity contribution is 0.537. The molecule has 18 heavy (non-hydrogen) atoms. The molecule has 0 spiro atoms. The molecule has 0 amide bonds. The number of rotatable bonds is 4. The summed E-state index contributed by atoms with van der Waals surface area (Å²) in [4.78, 5) is 0. The highest BCUT2D eigenvalue weighted by Crippen LogP contribution is 2.25. The Morgan fingerprint density at radius 3 is 2.78 bits per heavy atom. The standard InChI is InChI=1S/C14H18ClN3/c1-10-5-4-6-11(7-10)8-13(16-2)14-12(15)9-17-18(14)3/h4-7,9,13,16H,8H2,1-3H3. The van der Waals surface area contributed by atoms with E-state index in [0.717, 1.165) is 12.1 Å². The molecule has 0 bridgehead atoms. The Morgan fingerprint density at radius 2 is 2.22 bits per heavy atom. The molecule has 0 aliphatic carbocycles. The fourth-order valence-electron chi connectivity index (χ4n) is 2.22. The van der Waals surface area contributed by atoms with Gasteiger partial charge in [-0.1, -0.05) is 41.4 Å². The zero-order valence-corrected chi connectivity index (χ0v) is 11.7. The maximum Gasteiger partial charge on any atom is 0.0834 e. The van der Waals surface area contributed by atoms with E-state index in [1.165, 1.54) is 11.1 Å². The van der Waals surface area contributed by atoms with Gasteiger partial charge in [0.2, 0.25) is 0 Å². The third kappa shape index (κ3) is 2.74. The molecule has 0 fully saturated rings. The van der Waals surface area contributed by atoms with Crippen molar-refractivity contribution in [3.05, 3.63) is 52.3 Å². The number of halogens is 1. The van der Waals surface area contributed by atoms with Crippen LogP contribution in [0.3, 0.4) is 0 Å². The average molecular weight is 264 g/mol. The molecule has 0 saturated carbocycles. The second-order valence-electron chi connectivity index (χ2n) is 4.54. The molecule has 0 aliphatic rings. The van der Waals surface area contributed by atoms with Crippen molar-refractivity contribution in [2.75, 3.05) is 7.05 Å². The Bertz CT molecular complexity index is 514. The number of hydrogen-bond donors (Lipinski definition) is 1. The molecule has 2 aromatic rings. The minimum Gasteiger partial charge on any atom is -0.311 e. The Kier molecular flexibility index (Phi) is 4.04. The Balaban J connectivity index is 2.25. The maximum atomic E-state index is 6.19. The highest BCUT2D eigenvalue weighted by molar-refractivity contribution is 6.31. The predicted octanol–water partition coefficient (Wildman–Crippen LogP) is 2.89. The Labute approximate surface area is 113 Å². The first-order valence-corrected chi connectivity index (χ1v) is 6.40. The first kappa shape index (κ1) is 13.1. The van der Waals surface area contributed by atoms with Crippen molar-refractivity contribution in [1.29, 1.82) is 0 Å². The summed E-state index contributed by atoms with van der Waals surface area (Å²) in [5.41, 5.74) is 3.60. The summed E-state index contributed by atoms with van der Waals surface area (Å²) >= 11 is 6.19. The van der Waals surface area contributed by atoms with Gasteiger partial charge in [0.05, 0.1) is 23.0 Å². The summed E-state index contributed by atoms with van der Waals surface area (Å²) in [6, 6.07) is 8.71. The van der Waals surface area contributed by atoms with Crippen molar-refractivity contribution in [2.45, 2.75) is 19.4 Å². The van der Waals surface area contributed by atoms with Gasteiger partial charge in [-0.3, -0.25) is 4.68 Å². The summed E-state index contributed by atoms with van der Waals surface area (Å²) < 4.78 is 1.83. The van der Waals surface area contributed by atoms with Crippen LogP contribution < -0.4 is 5.32 Å². The van der Waals surface area contributed by atoms with Gasteiger partial charge in [-0.05, 0) is 26.0 Å². The number of aryl methyl sites for hydroxylation is 2. The van der Waals surface area contributed by atoms with E-state index in [-0.39, 0.29) is 6.04 Å². The molecule has 96 valence electrons. The average Bonchev–Trinajstić information content (AvgIpc) is 2.67. The lowest BCUT2D eigenvalue weighted by Crippen LogP contribution is -2.22. The SMILES string of the molecule is CNC(Cc1cccc(C)c1)c1c(Cl)cnn1C. The van der Waals surface area contributed by atoms with Crippen molar-refractivity contribution in [2.24, 2.45) is 7.05 Å². The number of nitrogens with one attached hydrogen (secondary N) is 1. The minimum absolute atomic E-state index is 0.173. The summed E-state index contributed by atoms with van der Waals surface area (Å²) in [6.07, 6.45) is 2.59. The number of likely N-dealkylation sites (N-methyl/N-ethyl adjacent to an activating group) is 1. The van der Waals surface area contributed by atoms with E-state index in [1.807, 2.05) is 18.8 Å². The third-order valence-corrected chi connectivity index (χ3v) is 3.43. The van der Waals surface area contributed by atoms with Gasteiger partial charge in [0.15, 0.2) is 0 Å². The van der Waals surface area contributed by atoms with Crippen LogP contribution in [0.2, 0.25) is 5.02 Å². The highest BCUT2D eigenvalue weighted by atomic mass is 35.5. The summed E-state index contributed by atoms with van der Waals surface area (Å²) in [6.45, 7) is 2.11. The molecule has 1 unspecified atom stereocenters. The van der Waals surface area contributed by atoms with E-state index < -0.39 is 0 Å². The summed E-state index contributed by atoms with van der Waals surface area (Å²) in [5, 5.41) is 8.21. The van der Waals surface area contributed by atoms with E-state index in [2.05, 4.69) is 41.6 Å². The lowest BCUT2D eigenvalue weighted by Gasteiger charge is -2.17. The van der Waals surface area contributed by atoms with Gasteiger partial charge in [0, 0.05) is 7.05 Å². The molecule has 0 aliphatic heterocycles. The first-order valence-electron chi connectivity index (χ1n) is 6.02. The molecule has 0 saturated heterocycles. The number of aromatic nitrogens is 2. The topological polar surface area (TPSA) is 29.9 Å². The summed E-state index contributed by atoms with van der Waals surface area (Å²) in [5.74, 6) is 0. The van der Waals surface area contributed by atoms with Crippen molar-refractivity contribution in [3.63, 3.8) is 0 Å². The van der Waals surface area contributed by atoms with E-state index in [0.29, 0.717) is 5.02 Å². The molecule has 1 aromatic heterocycles. The molecule has 1 heterocycles. The largest absolute Gasteiger partial charge is 0.311 e. The first-order chi connectivity index (χ1) is 8.61. The van der Waals surface area contributed by atoms with Gasteiger partial charge in [-0.2, -0.15) is 5.10 Å². The van der Waals surface area contributed by atoms with Gasteiger partial charge in [-0.25, -0.2) is 0 Å². The van der Waals surface area contributed by atoms with Crippen LogP contribution >= 0.6 is 11.6 Å². The normalized spacial score (nSPS) is 12.7. The number of nitrogens with zero attached hydrogens (tertiary/aromatic N) is 2. The molecule has 1 N–H and O–H groups in total. The van der Waals surface area contributed by atoms with Crippen LogP contribution in [0.5, 0.6) is 0 Å². The minimum atomic E-state index is 0.173. The van der Waals surface area contributed by atoms with Crippen LogP contribution in [0, 0.1) is 6.92 Å². The molecule has 4 heteroatoms. The molecule has 2 rings (SSSR count). The van der Waals surface area contributed by atoms with Crippen molar-refractivity contribution >= 4 is 11.6 Å².